The van der Waals surface area contributed by atoms with Gasteiger partial charge in [-0.15, -0.1) is 0 Å². The highest BCUT2D eigenvalue weighted by Gasteiger charge is 2.22. The Labute approximate surface area is 111 Å². The number of aromatic nitrogens is 2. The third-order valence-corrected chi connectivity index (χ3v) is 3.85. The van der Waals surface area contributed by atoms with Gasteiger partial charge in [0.25, 0.3) is 0 Å². The summed E-state index contributed by atoms with van der Waals surface area (Å²) in [5, 5.41) is 3.55. The van der Waals surface area contributed by atoms with Gasteiger partial charge in [0, 0.05) is 24.3 Å². The summed E-state index contributed by atoms with van der Waals surface area (Å²) in [6.45, 7) is 9.90. The van der Waals surface area contributed by atoms with Gasteiger partial charge in [-0.1, -0.05) is 19.8 Å². The molecule has 0 aromatic carbocycles. The highest BCUT2D eigenvalue weighted by molar-refractivity contribution is 5.01. The zero-order chi connectivity index (χ0) is 13.2. The first-order valence-electron chi connectivity index (χ1n) is 7.21. The van der Waals surface area contributed by atoms with E-state index in [2.05, 4.69) is 42.6 Å². The highest BCUT2D eigenvalue weighted by atomic mass is 15.1. The molecule has 1 aromatic rings. The third kappa shape index (κ3) is 3.58. The second-order valence-electron chi connectivity index (χ2n) is 6.82. The van der Waals surface area contributed by atoms with E-state index in [1.165, 1.54) is 31.4 Å². The van der Waals surface area contributed by atoms with E-state index in [1.54, 1.807) is 0 Å². The minimum Gasteiger partial charge on any atom is -0.330 e. The van der Waals surface area contributed by atoms with Gasteiger partial charge in [0.1, 0.15) is 0 Å². The van der Waals surface area contributed by atoms with Crippen LogP contribution < -0.4 is 5.32 Å². The minimum absolute atomic E-state index is 0.162. The van der Waals surface area contributed by atoms with Gasteiger partial charge in [-0.05, 0) is 39.5 Å². The molecule has 1 aromatic heterocycles. The van der Waals surface area contributed by atoms with Crippen LogP contribution >= 0.6 is 0 Å². The first kappa shape index (κ1) is 13.6. The maximum absolute atomic E-state index is 4.35. The van der Waals surface area contributed by atoms with Crippen LogP contribution in [0.5, 0.6) is 0 Å². The number of imidazole rings is 1. The Hall–Kier alpha value is -0.830. The smallest absolute Gasteiger partial charge is 0.0951 e. The predicted octanol–water partition coefficient (Wildman–Crippen LogP) is 3.52. The van der Waals surface area contributed by atoms with Gasteiger partial charge in [0.05, 0.1) is 12.0 Å². The van der Waals surface area contributed by atoms with Crippen molar-refractivity contribution < 1.29 is 0 Å². The van der Waals surface area contributed by atoms with Crippen LogP contribution in [0.3, 0.4) is 0 Å². The van der Waals surface area contributed by atoms with Gasteiger partial charge in [-0.25, -0.2) is 4.98 Å². The quantitative estimate of drug-likeness (QED) is 0.888. The third-order valence-electron chi connectivity index (χ3n) is 3.85. The molecule has 0 amide bonds. The molecule has 2 rings (SSSR count). The molecule has 0 saturated heterocycles. The van der Waals surface area contributed by atoms with Crippen molar-refractivity contribution in [3.8, 4) is 0 Å². The van der Waals surface area contributed by atoms with E-state index in [1.807, 2.05) is 12.5 Å². The van der Waals surface area contributed by atoms with Gasteiger partial charge in [-0.2, -0.15) is 0 Å². The molecule has 1 heterocycles. The number of hydrogen-bond acceptors (Lipinski definition) is 2. The topological polar surface area (TPSA) is 29.9 Å². The van der Waals surface area contributed by atoms with Crippen LogP contribution in [0, 0.1) is 5.92 Å². The molecule has 0 bridgehead atoms. The lowest BCUT2D eigenvalue weighted by molar-refractivity contribution is 0.275. The first-order valence-corrected chi connectivity index (χ1v) is 7.21. The summed E-state index contributed by atoms with van der Waals surface area (Å²) in [5.41, 5.74) is 1.48. The SMILES string of the molecule is CC1CCCC(n2cncc2CNC(C)(C)C)C1. The fourth-order valence-electron chi connectivity index (χ4n) is 2.81. The van der Waals surface area contributed by atoms with E-state index in [9.17, 15) is 0 Å². The Bertz CT molecular complexity index is 375. The lowest BCUT2D eigenvalue weighted by Crippen LogP contribution is -2.36. The van der Waals surface area contributed by atoms with E-state index in [4.69, 9.17) is 0 Å². The summed E-state index contributed by atoms with van der Waals surface area (Å²) >= 11 is 0. The van der Waals surface area contributed by atoms with Crippen molar-refractivity contribution in [1.82, 2.24) is 14.9 Å². The van der Waals surface area contributed by atoms with Gasteiger partial charge >= 0.3 is 0 Å². The summed E-state index contributed by atoms with van der Waals surface area (Å²) in [5.74, 6) is 0.856. The molecular weight excluding hydrogens is 222 g/mol. The standard InChI is InChI=1S/C15H27N3/c1-12-6-5-7-13(8-12)18-11-16-9-14(18)10-17-15(2,3)4/h9,11-13,17H,5-8,10H2,1-4H3. The van der Waals surface area contributed by atoms with Crippen molar-refractivity contribution in [2.24, 2.45) is 5.92 Å². The Morgan fingerprint density at radius 2 is 2.17 bits per heavy atom. The monoisotopic (exact) mass is 249 g/mol. The van der Waals surface area contributed by atoms with E-state index in [-0.39, 0.29) is 5.54 Å². The zero-order valence-electron chi connectivity index (χ0n) is 12.2. The fraction of sp³-hybridized carbons (Fsp3) is 0.800. The predicted molar refractivity (Wildman–Crippen MR) is 75.5 cm³/mol. The molecule has 0 radical (unpaired) electrons. The van der Waals surface area contributed by atoms with Crippen LogP contribution in [0.4, 0.5) is 0 Å². The molecule has 0 aliphatic heterocycles. The highest BCUT2D eigenvalue weighted by Crippen LogP contribution is 2.32. The summed E-state index contributed by atoms with van der Waals surface area (Å²) in [7, 11) is 0. The van der Waals surface area contributed by atoms with Crippen molar-refractivity contribution in [1.29, 1.82) is 0 Å². The Morgan fingerprint density at radius 3 is 2.83 bits per heavy atom. The zero-order valence-corrected chi connectivity index (χ0v) is 12.2. The van der Waals surface area contributed by atoms with Crippen molar-refractivity contribution in [3.05, 3.63) is 18.2 Å². The number of hydrogen-bond donors (Lipinski definition) is 1. The average molecular weight is 249 g/mol. The summed E-state index contributed by atoms with van der Waals surface area (Å²) < 4.78 is 2.40. The molecule has 1 aliphatic rings. The second-order valence-corrected chi connectivity index (χ2v) is 6.82. The van der Waals surface area contributed by atoms with E-state index < -0.39 is 0 Å². The van der Waals surface area contributed by atoms with E-state index >= 15 is 0 Å². The molecule has 2 unspecified atom stereocenters. The van der Waals surface area contributed by atoms with Crippen molar-refractivity contribution in [3.63, 3.8) is 0 Å². The lowest BCUT2D eigenvalue weighted by Gasteiger charge is -2.29. The van der Waals surface area contributed by atoms with Gasteiger partial charge < -0.3 is 9.88 Å². The number of rotatable bonds is 3. The average Bonchev–Trinajstić information content (AvgIpc) is 2.73. The van der Waals surface area contributed by atoms with Crippen molar-refractivity contribution in [2.45, 2.75) is 71.5 Å². The minimum atomic E-state index is 0.162. The van der Waals surface area contributed by atoms with Gasteiger partial charge in [0.2, 0.25) is 0 Å². The number of nitrogens with zero attached hydrogens (tertiary/aromatic N) is 2. The van der Waals surface area contributed by atoms with Crippen molar-refractivity contribution in [2.75, 3.05) is 0 Å². The van der Waals surface area contributed by atoms with Crippen LogP contribution in [0.25, 0.3) is 0 Å². The molecule has 1 fully saturated rings. The molecule has 3 nitrogen and oxygen atoms in total. The molecular formula is C15H27N3. The molecule has 18 heavy (non-hydrogen) atoms. The Morgan fingerprint density at radius 1 is 1.39 bits per heavy atom. The second kappa shape index (κ2) is 5.43. The maximum atomic E-state index is 4.35. The largest absolute Gasteiger partial charge is 0.330 e. The summed E-state index contributed by atoms with van der Waals surface area (Å²) in [6.07, 6.45) is 9.39. The van der Waals surface area contributed by atoms with Crippen LogP contribution in [0.1, 0.15) is 65.1 Å². The molecule has 1 aliphatic carbocycles. The Balaban J connectivity index is 2.02. The lowest BCUT2D eigenvalue weighted by atomic mass is 9.87. The molecule has 1 N–H and O–H groups in total. The number of nitrogens with one attached hydrogen (secondary N) is 1. The molecule has 102 valence electrons. The van der Waals surface area contributed by atoms with Crippen LogP contribution in [0.15, 0.2) is 12.5 Å². The van der Waals surface area contributed by atoms with E-state index in [0.29, 0.717) is 6.04 Å². The molecule has 2 atom stereocenters. The van der Waals surface area contributed by atoms with E-state index in [0.717, 1.165) is 12.5 Å². The van der Waals surface area contributed by atoms with Crippen LogP contribution in [-0.2, 0) is 6.54 Å². The molecule has 0 spiro atoms. The summed E-state index contributed by atoms with van der Waals surface area (Å²) in [4.78, 5) is 4.35. The van der Waals surface area contributed by atoms with Gasteiger partial charge in [-0.3, -0.25) is 0 Å². The normalized spacial score (nSPS) is 25.3. The maximum Gasteiger partial charge on any atom is 0.0951 e. The molecule has 1 saturated carbocycles. The molecule has 3 heteroatoms. The summed E-state index contributed by atoms with van der Waals surface area (Å²) in [6, 6.07) is 0.660. The van der Waals surface area contributed by atoms with Crippen molar-refractivity contribution >= 4 is 0 Å². The Kier molecular flexibility index (Phi) is 4.10. The van der Waals surface area contributed by atoms with Crippen LogP contribution in [-0.4, -0.2) is 15.1 Å². The van der Waals surface area contributed by atoms with Gasteiger partial charge in [0.15, 0.2) is 0 Å². The fourth-order valence-corrected chi connectivity index (χ4v) is 2.81. The van der Waals surface area contributed by atoms with Crippen LogP contribution in [0.2, 0.25) is 0 Å². The first-order chi connectivity index (χ1) is 8.46.